The second kappa shape index (κ2) is 8.39. The Hall–Kier alpha value is -1.80. The zero-order chi connectivity index (χ0) is 14.0. The van der Waals surface area contributed by atoms with Crippen molar-refractivity contribution in [3.63, 3.8) is 0 Å². The zero-order valence-corrected chi connectivity index (χ0v) is 12.1. The van der Waals surface area contributed by atoms with Gasteiger partial charge in [0.05, 0.1) is 6.61 Å². The average molecular weight is 269 g/mol. The molecule has 0 atom stereocenters. The molecule has 0 aliphatic carbocycles. The molecule has 0 heterocycles. The summed E-state index contributed by atoms with van der Waals surface area (Å²) in [5, 5.41) is 3.17. The Morgan fingerprint density at radius 3 is 2.45 bits per heavy atom. The van der Waals surface area contributed by atoms with Crippen molar-refractivity contribution in [2.45, 2.75) is 25.8 Å². The van der Waals surface area contributed by atoms with Crippen LogP contribution in [0.2, 0.25) is 0 Å². The first kappa shape index (κ1) is 14.6. The molecule has 0 fully saturated rings. The van der Waals surface area contributed by atoms with Gasteiger partial charge >= 0.3 is 0 Å². The van der Waals surface area contributed by atoms with Gasteiger partial charge in [-0.05, 0) is 37.9 Å². The van der Waals surface area contributed by atoms with Gasteiger partial charge in [-0.15, -0.1) is 0 Å². The molecule has 0 bridgehead atoms. The van der Waals surface area contributed by atoms with Gasteiger partial charge in [-0.25, -0.2) is 0 Å². The molecule has 20 heavy (non-hydrogen) atoms. The van der Waals surface area contributed by atoms with Crippen LogP contribution in [0, 0.1) is 0 Å². The summed E-state index contributed by atoms with van der Waals surface area (Å²) in [7, 11) is 1.95. The van der Waals surface area contributed by atoms with Crippen molar-refractivity contribution in [3.8, 4) is 5.75 Å². The molecule has 2 heteroatoms. The lowest BCUT2D eigenvalue weighted by Gasteiger charge is -2.11. The first-order valence-electron chi connectivity index (χ1n) is 7.29. The number of para-hydroxylation sites is 1. The largest absolute Gasteiger partial charge is 0.493 e. The van der Waals surface area contributed by atoms with Crippen molar-refractivity contribution in [2.24, 2.45) is 0 Å². The van der Waals surface area contributed by atoms with Gasteiger partial charge in [0.2, 0.25) is 0 Å². The number of hydrogen-bond acceptors (Lipinski definition) is 2. The van der Waals surface area contributed by atoms with E-state index in [0.29, 0.717) is 0 Å². The molecule has 0 amide bonds. The smallest absolute Gasteiger partial charge is 0.123 e. The Morgan fingerprint density at radius 2 is 1.65 bits per heavy atom. The van der Waals surface area contributed by atoms with E-state index in [-0.39, 0.29) is 0 Å². The van der Waals surface area contributed by atoms with Gasteiger partial charge in [-0.1, -0.05) is 48.5 Å². The van der Waals surface area contributed by atoms with E-state index in [0.717, 1.165) is 38.2 Å². The predicted octanol–water partition coefficient (Wildman–Crippen LogP) is 3.81. The standard InChI is InChI=1S/C18H23NO/c1-19-15-17-12-5-6-13-18(17)20-14-8-7-11-16-9-3-2-4-10-16/h2-6,9-10,12-13,19H,7-8,11,14-15H2,1H3. The number of hydrogen-bond donors (Lipinski definition) is 1. The van der Waals surface area contributed by atoms with Crippen molar-refractivity contribution in [1.82, 2.24) is 5.32 Å². The molecule has 0 saturated heterocycles. The van der Waals surface area contributed by atoms with Crippen LogP contribution in [0.3, 0.4) is 0 Å². The molecule has 0 aromatic heterocycles. The number of unbranched alkanes of at least 4 members (excludes halogenated alkanes) is 1. The summed E-state index contributed by atoms with van der Waals surface area (Å²) in [5.41, 5.74) is 2.63. The molecule has 0 aliphatic heterocycles. The van der Waals surface area contributed by atoms with E-state index in [1.54, 1.807) is 0 Å². The SMILES string of the molecule is CNCc1ccccc1OCCCCc1ccccc1. The fraction of sp³-hybridized carbons (Fsp3) is 0.333. The molecule has 0 saturated carbocycles. The maximum Gasteiger partial charge on any atom is 0.123 e. The first-order valence-corrected chi connectivity index (χ1v) is 7.29. The Morgan fingerprint density at radius 1 is 0.900 bits per heavy atom. The Balaban J connectivity index is 1.71. The highest BCUT2D eigenvalue weighted by atomic mass is 16.5. The molecule has 0 radical (unpaired) electrons. The fourth-order valence-corrected chi connectivity index (χ4v) is 2.24. The zero-order valence-electron chi connectivity index (χ0n) is 12.1. The van der Waals surface area contributed by atoms with Gasteiger partial charge in [-0.2, -0.15) is 0 Å². The predicted molar refractivity (Wildman–Crippen MR) is 84.1 cm³/mol. The van der Waals surface area contributed by atoms with Crippen molar-refractivity contribution in [1.29, 1.82) is 0 Å². The molecule has 0 aliphatic rings. The Bertz CT molecular complexity index is 496. The van der Waals surface area contributed by atoms with Gasteiger partial charge in [0.1, 0.15) is 5.75 Å². The molecule has 2 nitrogen and oxygen atoms in total. The van der Waals surface area contributed by atoms with Crippen LogP contribution < -0.4 is 10.1 Å². The van der Waals surface area contributed by atoms with Crippen molar-refractivity contribution < 1.29 is 4.74 Å². The first-order chi connectivity index (χ1) is 9.90. The summed E-state index contributed by atoms with van der Waals surface area (Å²) in [5.74, 6) is 1.00. The van der Waals surface area contributed by atoms with E-state index in [1.165, 1.54) is 11.1 Å². The lowest BCUT2D eigenvalue weighted by molar-refractivity contribution is 0.303. The summed E-state index contributed by atoms with van der Waals surface area (Å²) in [6, 6.07) is 18.9. The third kappa shape index (κ3) is 4.71. The van der Waals surface area contributed by atoms with Crippen LogP contribution in [0.25, 0.3) is 0 Å². The van der Waals surface area contributed by atoms with Crippen molar-refractivity contribution in [2.75, 3.05) is 13.7 Å². The van der Waals surface area contributed by atoms with Gasteiger partial charge < -0.3 is 10.1 Å². The molecule has 2 aromatic rings. The third-order valence-corrected chi connectivity index (χ3v) is 3.30. The summed E-state index contributed by atoms with van der Waals surface area (Å²) in [6.07, 6.45) is 3.38. The minimum Gasteiger partial charge on any atom is -0.493 e. The lowest BCUT2D eigenvalue weighted by atomic mass is 10.1. The number of aryl methyl sites for hydroxylation is 1. The normalized spacial score (nSPS) is 10.4. The molecule has 0 spiro atoms. The Kier molecular flexibility index (Phi) is 6.12. The maximum absolute atomic E-state index is 5.89. The summed E-state index contributed by atoms with van der Waals surface area (Å²) in [6.45, 7) is 1.63. The number of benzene rings is 2. The highest BCUT2D eigenvalue weighted by Crippen LogP contribution is 2.18. The quantitative estimate of drug-likeness (QED) is 0.736. The van der Waals surface area contributed by atoms with E-state index in [4.69, 9.17) is 4.74 Å². The monoisotopic (exact) mass is 269 g/mol. The third-order valence-electron chi connectivity index (χ3n) is 3.30. The van der Waals surface area contributed by atoms with Crippen LogP contribution in [0.15, 0.2) is 54.6 Å². The van der Waals surface area contributed by atoms with Crippen LogP contribution in [-0.4, -0.2) is 13.7 Å². The molecule has 1 N–H and O–H groups in total. The molecular formula is C18H23NO. The lowest BCUT2D eigenvalue weighted by Crippen LogP contribution is -2.08. The van der Waals surface area contributed by atoms with Crippen LogP contribution in [0.5, 0.6) is 5.75 Å². The number of rotatable bonds is 8. The van der Waals surface area contributed by atoms with E-state index < -0.39 is 0 Å². The second-order valence-electron chi connectivity index (χ2n) is 4.93. The molecule has 2 aromatic carbocycles. The topological polar surface area (TPSA) is 21.3 Å². The van der Waals surface area contributed by atoms with Gasteiger partial charge in [0.25, 0.3) is 0 Å². The highest BCUT2D eigenvalue weighted by molar-refractivity contribution is 5.33. The number of ether oxygens (including phenoxy) is 1. The van der Waals surface area contributed by atoms with Crippen LogP contribution >= 0.6 is 0 Å². The van der Waals surface area contributed by atoms with Crippen LogP contribution in [0.1, 0.15) is 24.0 Å². The van der Waals surface area contributed by atoms with Gasteiger partial charge in [0.15, 0.2) is 0 Å². The summed E-state index contributed by atoms with van der Waals surface area (Å²) in [4.78, 5) is 0. The minimum atomic E-state index is 0.785. The van der Waals surface area contributed by atoms with Gasteiger partial charge in [-0.3, -0.25) is 0 Å². The average Bonchev–Trinajstić information content (AvgIpc) is 2.50. The van der Waals surface area contributed by atoms with Gasteiger partial charge in [0, 0.05) is 12.1 Å². The molecule has 2 rings (SSSR count). The molecular weight excluding hydrogens is 246 g/mol. The van der Waals surface area contributed by atoms with E-state index in [1.807, 2.05) is 19.2 Å². The van der Waals surface area contributed by atoms with Crippen LogP contribution in [0.4, 0.5) is 0 Å². The number of nitrogens with one attached hydrogen (secondary N) is 1. The van der Waals surface area contributed by atoms with E-state index in [2.05, 4.69) is 47.8 Å². The van der Waals surface area contributed by atoms with Crippen molar-refractivity contribution in [3.05, 3.63) is 65.7 Å². The van der Waals surface area contributed by atoms with Crippen molar-refractivity contribution >= 4 is 0 Å². The molecule has 0 unspecified atom stereocenters. The molecule has 106 valence electrons. The van der Waals surface area contributed by atoms with E-state index >= 15 is 0 Å². The second-order valence-corrected chi connectivity index (χ2v) is 4.93. The minimum absolute atomic E-state index is 0.785. The Labute approximate surface area is 121 Å². The van der Waals surface area contributed by atoms with E-state index in [9.17, 15) is 0 Å². The highest BCUT2D eigenvalue weighted by Gasteiger charge is 2.01. The summed E-state index contributed by atoms with van der Waals surface area (Å²) >= 11 is 0. The maximum atomic E-state index is 5.89. The fourth-order valence-electron chi connectivity index (χ4n) is 2.24. The summed E-state index contributed by atoms with van der Waals surface area (Å²) < 4.78 is 5.89. The van der Waals surface area contributed by atoms with Crippen LogP contribution in [-0.2, 0) is 13.0 Å².